The number of esters is 1. The van der Waals surface area contributed by atoms with Gasteiger partial charge in [0.1, 0.15) is 6.10 Å². The molecule has 1 saturated carbocycles. The Bertz CT molecular complexity index is 401. The third-order valence-electron chi connectivity index (χ3n) is 4.61. The van der Waals surface area contributed by atoms with Gasteiger partial charge in [0.2, 0.25) is 0 Å². The third kappa shape index (κ3) is 3.49. The fourth-order valence-electron chi connectivity index (χ4n) is 3.76. The average molecular weight is 262 g/mol. The van der Waals surface area contributed by atoms with Gasteiger partial charge in [-0.1, -0.05) is 24.5 Å². The van der Waals surface area contributed by atoms with E-state index in [2.05, 4.69) is 19.9 Å². The van der Waals surface area contributed by atoms with Crippen molar-refractivity contribution in [2.45, 2.75) is 59.5 Å². The summed E-state index contributed by atoms with van der Waals surface area (Å²) in [5.41, 5.74) is 2.42. The van der Waals surface area contributed by atoms with E-state index in [0.717, 1.165) is 23.8 Å². The average Bonchev–Trinajstić information content (AvgIpc) is 2.72. The molecule has 0 aliphatic heterocycles. The minimum absolute atomic E-state index is 0.0382. The minimum Gasteiger partial charge on any atom is -0.455 e. The lowest BCUT2D eigenvalue weighted by atomic mass is 9.82. The summed E-state index contributed by atoms with van der Waals surface area (Å²) in [4.78, 5) is 11.8. The quantitative estimate of drug-likeness (QED) is 0.422. The van der Waals surface area contributed by atoms with E-state index < -0.39 is 0 Å². The molecule has 2 rings (SSSR count). The monoisotopic (exact) mass is 262 g/mol. The molecule has 0 amide bonds. The van der Waals surface area contributed by atoms with Crippen molar-refractivity contribution in [1.82, 2.24) is 0 Å². The molecule has 0 aromatic carbocycles. The molecular formula is C17H26O2. The van der Waals surface area contributed by atoms with Gasteiger partial charge in [0, 0.05) is 6.08 Å². The zero-order chi connectivity index (χ0) is 14.0. The fraction of sp³-hybridized carbons (Fsp3) is 0.706. The Kier molecular flexibility index (Phi) is 4.49. The van der Waals surface area contributed by atoms with E-state index in [1.807, 2.05) is 13.8 Å². The Labute approximate surface area is 116 Å². The van der Waals surface area contributed by atoms with E-state index in [9.17, 15) is 4.79 Å². The Morgan fingerprint density at radius 2 is 2.11 bits per heavy atom. The highest BCUT2D eigenvalue weighted by atomic mass is 16.5. The molecule has 0 bridgehead atoms. The summed E-state index contributed by atoms with van der Waals surface area (Å²) in [5.74, 6) is 1.96. The minimum atomic E-state index is -0.201. The highest BCUT2D eigenvalue weighted by Crippen LogP contribution is 2.44. The van der Waals surface area contributed by atoms with Crippen LogP contribution in [-0.2, 0) is 9.53 Å². The van der Waals surface area contributed by atoms with Crippen molar-refractivity contribution >= 4 is 5.97 Å². The first-order valence-electron chi connectivity index (χ1n) is 7.51. The molecule has 1 fully saturated rings. The lowest BCUT2D eigenvalue weighted by Crippen LogP contribution is -2.20. The third-order valence-corrected chi connectivity index (χ3v) is 4.61. The second-order valence-electron chi connectivity index (χ2n) is 6.52. The van der Waals surface area contributed by atoms with Gasteiger partial charge in [0.05, 0.1) is 0 Å². The number of rotatable bonds is 2. The Hall–Kier alpha value is -1.05. The zero-order valence-corrected chi connectivity index (χ0v) is 12.6. The second-order valence-corrected chi connectivity index (χ2v) is 6.52. The predicted molar refractivity (Wildman–Crippen MR) is 77.7 cm³/mol. The number of hydrogen-bond donors (Lipinski definition) is 0. The van der Waals surface area contributed by atoms with Crippen LogP contribution in [0.15, 0.2) is 23.3 Å². The number of allylic oxidation sites excluding steroid dienone is 2. The summed E-state index contributed by atoms with van der Waals surface area (Å²) in [6.07, 6.45) is 8.72. The van der Waals surface area contributed by atoms with Gasteiger partial charge in [-0.05, 0) is 63.9 Å². The van der Waals surface area contributed by atoms with Gasteiger partial charge in [-0.15, -0.1) is 0 Å². The van der Waals surface area contributed by atoms with Gasteiger partial charge in [0.15, 0.2) is 0 Å². The van der Waals surface area contributed by atoms with Crippen LogP contribution in [0.25, 0.3) is 0 Å². The largest absolute Gasteiger partial charge is 0.455 e. The van der Waals surface area contributed by atoms with E-state index in [1.54, 1.807) is 6.08 Å². The van der Waals surface area contributed by atoms with Crippen molar-refractivity contribution in [2.24, 2.45) is 17.8 Å². The number of carbonyl (C=O) groups is 1. The Morgan fingerprint density at radius 1 is 1.37 bits per heavy atom. The zero-order valence-electron chi connectivity index (χ0n) is 12.6. The van der Waals surface area contributed by atoms with Crippen LogP contribution in [0.4, 0.5) is 0 Å². The molecule has 19 heavy (non-hydrogen) atoms. The standard InChI is InChI=1S/C17H26O2/c1-11(2)8-17(18)19-14-9-12(3)15-6-5-7-16(15)13(4)10-14/h8-9,13-16H,5-7,10H2,1-4H3. The van der Waals surface area contributed by atoms with Gasteiger partial charge in [-0.25, -0.2) is 4.79 Å². The van der Waals surface area contributed by atoms with Gasteiger partial charge >= 0.3 is 5.97 Å². The molecule has 2 nitrogen and oxygen atoms in total. The summed E-state index contributed by atoms with van der Waals surface area (Å²) < 4.78 is 5.60. The van der Waals surface area contributed by atoms with Crippen LogP contribution in [0.2, 0.25) is 0 Å². The van der Waals surface area contributed by atoms with E-state index in [0.29, 0.717) is 5.92 Å². The lowest BCUT2D eigenvalue weighted by Gasteiger charge is -2.24. The SMILES string of the molecule is CC(C)=CC(=O)OC1C=C(C)C2CCCC2C(C)C1. The molecule has 106 valence electrons. The van der Waals surface area contributed by atoms with Crippen LogP contribution in [0.3, 0.4) is 0 Å². The van der Waals surface area contributed by atoms with E-state index in [1.165, 1.54) is 24.8 Å². The first-order valence-corrected chi connectivity index (χ1v) is 7.51. The molecule has 0 saturated heterocycles. The highest BCUT2D eigenvalue weighted by molar-refractivity contribution is 5.82. The van der Waals surface area contributed by atoms with Crippen molar-refractivity contribution in [1.29, 1.82) is 0 Å². The normalized spacial score (nSPS) is 34.0. The van der Waals surface area contributed by atoms with Gasteiger partial charge < -0.3 is 4.74 Å². The van der Waals surface area contributed by atoms with Gasteiger partial charge in [-0.2, -0.15) is 0 Å². The van der Waals surface area contributed by atoms with Crippen LogP contribution in [0, 0.1) is 17.8 Å². The molecule has 4 atom stereocenters. The topological polar surface area (TPSA) is 26.3 Å². The van der Waals surface area contributed by atoms with Crippen molar-refractivity contribution in [2.75, 3.05) is 0 Å². The summed E-state index contributed by atoms with van der Waals surface area (Å²) in [6, 6.07) is 0. The molecule has 2 aliphatic carbocycles. The van der Waals surface area contributed by atoms with Gasteiger partial charge in [0.25, 0.3) is 0 Å². The maximum absolute atomic E-state index is 11.8. The smallest absolute Gasteiger partial charge is 0.331 e. The maximum atomic E-state index is 11.8. The lowest BCUT2D eigenvalue weighted by molar-refractivity contribution is -0.141. The first-order chi connectivity index (χ1) is 8.97. The van der Waals surface area contributed by atoms with Crippen LogP contribution in [0.1, 0.15) is 53.4 Å². The van der Waals surface area contributed by atoms with Crippen LogP contribution in [0.5, 0.6) is 0 Å². The molecule has 0 heterocycles. The fourth-order valence-corrected chi connectivity index (χ4v) is 3.76. The van der Waals surface area contributed by atoms with Crippen LogP contribution in [-0.4, -0.2) is 12.1 Å². The first kappa shape index (κ1) is 14.4. The molecule has 0 spiro atoms. The number of ether oxygens (including phenoxy) is 1. The summed E-state index contributed by atoms with van der Waals surface area (Å²) in [6.45, 7) is 8.37. The number of fused-ring (bicyclic) bond motifs is 1. The number of hydrogen-bond acceptors (Lipinski definition) is 2. The van der Waals surface area contributed by atoms with Gasteiger partial charge in [-0.3, -0.25) is 0 Å². The molecule has 4 unspecified atom stereocenters. The molecule has 0 aromatic rings. The number of carbonyl (C=O) groups excluding carboxylic acids is 1. The van der Waals surface area contributed by atoms with Crippen molar-refractivity contribution in [3.05, 3.63) is 23.3 Å². The molecule has 0 radical (unpaired) electrons. The Balaban J connectivity index is 2.08. The van der Waals surface area contributed by atoms with E-state index in [-0.39, 0.29) is 12.1 Å². The van der Waals surface area contributed by atoms with Crippen molar-refractivity contribution in [3.8, 4) is 0 Å². The van der Waals surface area contributed by atoms with Crippen LogP contribution >= 0.6 is 0 Å². The maximum Gasteiger partial charge on any atom is 0.331 e. The Morgan fingerprint density at radius 3 is 2.79 bits per heavy atom. The molecule has 2 aliphatic rings. The second kappa shape index (κ2) is 5.94. The molecular weight excluding hydrogens is 236 g/mol. The van der Waals surface area contributed by atoms with E-state index in [4.69, 9.17) is 4.74 Å². The van der Waals surface area contributed by atoms with E-state index >= 15 is 0 Å². The summed E-state index contributed by atoms with van der Waals surface area (Å²) >= 11 is 0. The molecule has 0 aromatic heterocycles. The summed E-state index contributed by atoms with van der Waals surface area (Å²) in [5, 5.41) is 0. The van der Waals surface area contributed by atoms with Crippen LogP contribution < -0.4 is 0 Å². The molecule has 0 N–H and O–H groups in total. The summed E-state index contributed by atoms with van der Waals surface area (Å²) in [7, 11) is 0. The predicted octanol–water partition coefficient (Wildman–Crippen LogP) is 4.27. The van der Waals surface area contributed by atoms with Crippen molar-refractivity contribution < 1.29 is 9.53 Å². The highest BCUT2D eigenvalue weighted by Gasteiger charge is 2.36. The van der Waals surface area contributed by atoms with Crippen molar-refractivity contribution in [3.63, 3.8) is 0 Å². The molecule has 2 heteroatoms.